The van der Waals surface area contributed by atoms with E-state index in [1.807, 2.05) is 37.5 Å². The van der Waals surface area contributed by atoms with E-state index < -0.39 is 21.8 Å². The summed E-state index contributed by atoms with van der Waals surface area (Å²) in [4.78, 5) is 24.6. The monoisotopic (exact) mass is 426 g/mol. The number of nitrogens with one attached hydrogen (secondary N) is 3. The van der Waals surface area contributed by atoms with Crippen molar-refractivity contribution in [3.05, 3.63) is 84.2 Å². The van der Waals surface area contributed by atoms with Crippen molar-refractivity contribution in [1.82, 2.24) is 20.1 Å². The van der Waals surface area contributed by atoms with Crippen molar-refractivity contribution < 1.29 is 18.0 Å². The van der Waals surface area contributed by atoms with Crippen LogP contribution >= 0.6 is 0 Å². The van der Waals surface area contributed by atoms with Crippen LogP contribution in [0.5, 0.6) is 0 Å². The highest BCUT2D eigenvalue weighted by Crippen LogP contribution is 2.14. The first-order valence-corrected chi connectivity index (χ1v) is 10.7. The molecule has 0 aliphatic heterocycles. The van der Waals surface area contributed by atoms with Crippen LogP contribution in [0.4, 0.5) is 0 Å². The molecule has 3 aromatic rings. The number of nitrogens with zero attached hydrogens (tertiary/aromatic N) is 1. The Kier molecular flexibility index (Phi) is 6.65. The summed E-state index contributed by atoms with van der Waals surface area (Å²) in [5, 5.41) is 0. The quantitative estimate of drug-likeness (QED) is 0.502. The average Bonchev–Trinajstić information content (AvgIpc) is 3.27. The van der Waals surface area contributed by atoms with Gasteiger partial charge < -0.3 is 4.57 Å². The minimum atomic E-state index is -3.70. The molecule has 30 heavy (non-hydrogen) atoms. The number of amides is 2. The van der Waals surface area contributed by atoms with Gasteiger partial charge in [0.2, 0.25) is 15.9 Å². The highest BCUT2D eigenvalue weighted by molar-refractivity contribution is 7.89. The molecule has 0 unspecified atom stereocenters. The number of sulfonamides is 1. The largest absolute Gasteiger partial charge is 0.323 e. The fraction of sp³-hybridized carbons (Fsp3) is 0.143. The summed E-state index contributed by atoms with van der Waals surface area (Å²) in [6.45, 7) is 1.76. The number of hydrazine groups is 1. The maximum absolute atomic E-state index is 12.5. The van der Waals surface area contributed by atoms with Crippen LogP contribution in [0.15, 0.2) is 78.0 Å². The van der Waals surface area contributed by atoms with Gasteiger partial charge in [-0.05, 0) is 43.3 Å². The van der Waals surface area contributed by atoms with Gasteiger partial charge in [-0.25, -0.2) is 13.1 Å². The van der Waals surface area contributed by atoms with E-state index in [-0.39, 0.29) is 17.9 Å². The molecule has 2 amide bonds. The Morgan fingerprint density at radius 2 is 1.57 bits per heavy atom. The lowest BCUT2D eigenvalue weighted by Gasteiger charge is -2.12. The van der Waals surface area contributed by atoms with Crippen LogP contribution in [0.25, 0.3) is 5.69 Å². The topological polar surface area (TPSA) is 109 Å². The highest BCUT2D eigenvalue weighted by Gasteiger charge is 2.15. The molecule has 0 bridgehead atoms. The van der Waals surface area contributed by atoms with Crippen LogP contribution in [0.3, 0.4) is 0 Å². The Labute approximate surface area is 174 Å². The lowest BCUT2D eigenvalue weighted by molar-refractivity contribution is -0.121. The predicted molar refractivity (Wildman–Crippen MR) is 112 cm³/mol. The summed E-state index contributed by atoms with van der Waals surface area (Å²) in [5.41, 5.74) is 6.66. The number of benzene rings is 2. The molecule has 0 spiro atoms. The summed E-state index contributed by atoms with van der Waals surface area (Å²) in [7, 11) is -3.70. The molecular formula is C21H22N4O4S. The van der Waals surface area contributed by atoms with Crippen molar-refractivity contribution in [1.29, 1.82) is 0 Å². The fourth-order valence-electron chi connectivity index (χ4n) is 2.74. The fourth-order valence-corrected chi connectivity index (χ4v) is 3.77. The van der Waals surface area contributed by atoms with E-state index in [4.69, 9.17) is 0 Å². The van der Waals surface area contributed by atoms with Crippen molar-refractivity contribution in [2.24, 2.45) is 0 Å². The SMILES string of the molecule is Cc1ccc(S(=O)(=O)NCCC(=O)NNC(=O)c2ccccc2-n2cccc2)cc1. The van der Waals surface area contributed by atoms with Crippen molar-refractivity contribution in [2.45, 2.75) is 18.2 Å². The predicted octanol–water partition coefficient (Wildman–Crippen LogP) is 1.92. The zero-order chi connectivity index (χ0) is 21.6. The molecular weight excluding hydrogens is 404 g/mol. The first-order valence-electron chi connectivity index (χ1n) is 9.25. The van der Waals surface area contributed by atoms with Crippen molar-refractivity contribution in [2.75, 3.05) is 6.54 Å². The molecule has 0 saturated carbocycles. The van der Waals surface area contributed by atoms with Gasteiger partial charge in [-0.3, -0.25) is 20.4 Å². The van der Waals surface area contributed by atoms with Gasteiger partial charge >= 0.3 is 0 Å². The minimum absolute atomic E-state index is 0.0993. The van der Waals surface area contributed by atoms with Crippen molar-refractivity contribution in [3.8, 4) is 5.69 Å². The van der Waals surface area contributed by atoms with E-state index >= 15 is 0 Å². The molecule has 0 radical (unpaired) electrons. The average molecular weight is 426 g/mol. The molecule has 1 heterocycles. The van der Waals surface area contributed by atoms with Crippen LogP contribution in [0, 0.1) is 6.92 Å². The lowest BCUT2D eigenvalue weighted by atomic mass is 10.1. The third-order valence-corrected chi connectivity index (χ3v) is 5.80. The lowest BCUT2D eigenvalue weighted by Crippen LogP contribution is -2.43. The smallest absolute Gasteiger partial charge is 0.271 e. The second-order valence-electron chi connectivity index (χ2n) is 6.57. The van der Waals surface area contributed by atoms with Gasteiger partial charge in [0.25, 0.3) is 5.91 Å². The first-order chi connectivity index (χ1) is 14.4. The Morgan fingerprint density at radius 1 is 0.900 bits per heavy atom. The minimum Gasteiger partial charge on any atom is -0.323 e. The number of rotatable bonds is 7. The van der Waals surface area contributed by atoms with E-state index in [0.717, 1.165) is 5.56 Å². The van der Waals surface area contributed by atoms with E-state index in [0.29, 0.717) is 11.3 Å². The number of hydrogen-bond acceptors (Lipinski definition) is 4. The highest BCUT2D eigenvalue weighted by atomic mass is 32.2. The summed E-state index contributed by atoms with van der Waals surface area (Å²) >= 11 is 0. The van der Waals surface area contributed by atoms with E-state index in [2.05, 4.69) is 15.6 Å². The molecule has 0 aliphatic carbocycles. The van der Waals surface area contributed by atoms with E-state index in [1.165, 1.54) is 12.1 Å². The van der Waals surface area contributed by atoms with Gasteiger partial charge in [0.1, 0.15) is 0 Å². The van der Waals surface area contributed by atoms with Gasteiger partial charge in [-0.15, -0.1) is 0 Å². The summed E-state index contributed by atoms with van der Waals surface area (Å²) < 4.78 is 28.6. The Hall–Kier alpha value is -3.43. The Morgan fingerprint density at radius 3 is 2.27 bits per heavy atom. The van der Waals surface area contributed by atoms with Crippen LogP contribution in [-0.2, 0) is 14.8 Å². The number of aromatic nitrogens is 1. The number of para-hydroxylation sites is 1. The molecule has 0 atom stereocenters. The molecule has 2 aromatic carbocycles. The number of hydrogen-bond donors (Lipinski definition) is 3. The molecule has 1 aromatic heterocycles. The standard InChI is InChI=1S/C21H22N4O4S/c1-16-8-10-17(11-9-16)30(28,29)22-13-12-20(26)23-24-21(27)18-6-2-3-7-19(18)25-14-4-5-15-25/h2-11,14-15,22H,12-13H2,1H3,(H,23,26)(H,24,27). The van der Waals surface area contributed by atoms with Gasteiger partial charge in [-0.1, -0.05) is 29.8 Å². The summed E-state index contributed by atoms with van der Waals surface area (Å²) in [6.07, 6.45) is 3.49. The molecule has 156 valence electrons. The molecule has 0 saturated heterocycles. The Bertz CT molecular complexity index is 1120. The number of carbonyl (C=O) groups is 2. The summed E-state index contributed by atoms with van der Waals surface area (Å²) in [5.74, 6) is -0.999. The maximum atomic E-state index is 12.5. The Balaban J connectivity index is 1.51. The van der Waals surface area contributed by atoms with Gasteiger partial charge in [0, 0.05) is 25.4 Å². The van der Waals surface area contributed by atoms with Gasteiger partial charge in [0.05, 0.1) is 16.1 Å². The second kappa shape index (κ2) is 9.38. The molecule has 9 heteroatoms. The normalized spacial score (nSPS) is 11.1. The van der Waals surface area contributed by atoms with Crippen LogP contribution in [0.2, 0.25) is 0 Å². The third-order valence-electron chi connectivity index (χ3n) is 4.32. The zero-order valence-electron chi connectivity index (χ0n) is 16.3. The molecule has 3 N–H and O–H groups in total. The number of aryl methyl sites for hydroxylation is 1. The number of carbonyl (C=O) groups excluding carboxylic acids is 2. The van der Waals surface area contributed by atoms with E-state index in [9.17, 15) is 18.0 Å². The van der Waals surface area contributed by atoms with Crippen LogP contribution in [-0.4, -0.2) is 31.3 Å². The van der Waals surface area contributed by atoms with Crippen molar-refractivity contribution >= 4 is 21.8 Å². The second-order valence-corrected chi connectivity index (χ2v) is 8.34. The zero-order valence-corrected chi connectivity index (χ0v) is 17.1. The van der Waals surface area contributed by atoms with Crippen LogP contribution in [0.1, 0.15) is 22.3 Å². The van der Waals surface area contributed by atoms with Gasteiger partial charge in [0.15, 0.2) is 0 Å². The van der Waals surface area contributed by atoms with E-state index in [1.54, 1.807) is 34.9 Å². The van der Waals surface area contributed by atoms with Crippen LogP contribution < -0.4 is 15.6 Å². The first kappa shape index (κ1) is 21.3. The summed E-state index contributed by atoms with van der Waals surface area (Å²) in [6, 6.07) is 17.0. The van der Waals surface area contributed by atoms with Crippen molar-refractivity contribution in [3.63, 3.8) is 0 Å². The molecule has 0 aliphatic rings. The molecule has 0 fully saturated rings. The third kappa shape index (κ3) is 5.34. The van der Waals surface area contributed by atoms with Gasteiger partial charge in [-0.2, -0.15) is 0 Å². The molecule has 3 rings (SSSR count). The molecule has 8 nitrogen and oxygen atoms in total. The maximum Gasteiger partial charge on any atom is 0.271 e.